The highest BCUT2D eigenvalue weighted by molar-refractivity contribution is 6.02. The minimum Gasteiger partial charge on any atom is -0.468 e. The van der Waals surface area contributed by atoms with Crippen molar-refractivity contribution in [3.05, 3.63) is 42.5 Å². The fourth-order valence-electron chi connectivity index (χ4n) is 1.66. The molecule has 2 N–H and O–H groups in total. The Balaban J connectivity index is 2.87. The Morgan fingerprint density at radius 2 is 1.96 bits per heavy atom. The molecule has 9 heteroatoms. The van der Waals surface area contributed by atoms with E-state index in [-0.39, 0.29) is 6.61 Å². The van der Waals surface area contributed by atoms with Gasteiger partial charge in [-0.05, 0) is 24.6 Å². The Bertz CT molecular complexity index is 669. The first-order chi connectivity index (χ1) is 11.9. The van der Waals surface area contributed by atoms with Crippen molar-refractivity contribution in [2.75, 3.05) is 25.6 Å². The van der Waals surface area contributed by atoms with E-state index in [1.807, 2.05) is 0 Å². The average Bonchev–Trinajstić information content (AvgIpc) is 2.63. The van der Waals surface area contributed by atoms with E-state index in [9.17, 15) is 14.4 Å². The predicted octanol–water partition coefficient (Wildman–Crippen LogP) is 2.21. The monoisotopic (exact) mass is 349 g/mol. The third-order valence-corrected chi connectivity index (χ3v) is 3.01. The van der Waals surface area contributed by atoms with Crippen LogP contribution in [0.4, 0.5) is 15.3 Å². The van der Waals surface area contributed by atoms with Gasteiger partial charge in [0.25, 0.3) is 0 Å². The first-order valence-corrected chi connectivity index (χ1v) is 7.15. The summed E-state index contributed by atoms with van der Waals surface area (Å²) in [5.41, 5.74) is 1.42. The summed E-state index contributed by atoms with van der Waals surface area (Å²) in [6.45, 7) is 4.29. The van der Waals surface area contributed by atoms with Crippen LogP contribution in [0.15, 0.2) is 42.1 Å². The van der Waals surface area contributed by atoms with Gasteiger partial charge >= 0.3 is 18.1 Å². The quantitative estimate of drug-likeness (QED) is 0.267. The number of amides is 3. The number of rotatable bonds is 6. The Morgan fingerprint density at radius 3 is 2.48 bits per heavy atom. The third-order valence-electron chi connectivity index (χ3n) is 3.01. The summed E-state index contributed by atoms with van der Waals surface area (Å²) in [5.74, 6) is -0.782. The topological polar surface area (TPSA) is 118 Å². The van der Waals surface area contributed by atoms with E-state index < -0.39 is 24.6 Å². The van der Waals surface area contributed by atoms with Crippen LogP contribution in [0.2, 0.25) is 0 Å². The summed E-state index contributed by atoms with van der Waals surface area (Å²) in [6.07, 6.45) is 0.318. The van der Waals surface area contributed by atoms with Crippen LogP contribution in [0.1, 0.15) is 12.5 Å². The lowest BCUT2D eigenvalue weighted by atomic mass is 10.1. The number of carbonyl (C=O) groups excluding carboxylic acids is 3. The SMILES string of the molecule is C=CCOC(=O)N(CC(=O)OC)C(=O)Nc1ccc(/C(C)=N/O)cc1. The van der Waals surface area contributed by atoms with Crippen LogP contribution in [0.3, 0.4) is 0 Å². The normalized spacial score (nSPS) is 10.6. The van der Waals surface area contributed by atoms with Crippen LogP contribution in [0, 0.1) is 0 Å². The van der Waals surface area contributed by atoms with Crippen molar-refractivity contribution in [3.63, 3.8) is 0 Å². The van der Waals surface area contributed by atoms with Gasteiger partial charge in [0.1, 0.15) is 13.2 Å². The number of anilines is 1. The van der Waals surface area contributed by atoms with E-state index in [1.54, 1.807) is 31.2 Å². The number of carbonyl (C=O) groups is 3. The Hall–Kier alpha value is -3.36. The number of nitrogens with zero attached hydrogens (tertiary/aromatic N) is 2. The van der Waals surface area contributed by atoms with Crippen LogP contribution in [0.5, 0.6) is 0 Å². The third kappa shape index (κ3) is 5.98. The second kappa shape index (κ2) is 9.71. The molecular formula is C16H19N3O6. The molecule has 25 heavy (non-hydrogen) atoms. The number of urea groups is 1. The van der Waals surface area contributed by atoms with Crippen molar-refractivity contribution in [2.45, 2.75) is 6.92 Å². The molecule has 3 amide bonds. The maximum absolute atomic E-state index is 12.3. The predicted molar refractivity (Wildman–Crippen MR) is 89.7 cm³/mol. The molecule has 0 aromatic heterocycles. The van der Waals surface area contributed by atoms with E-state index in [1.165, 1.54) is 6.08 Å². The Kier molecular flexibility index (Phi) is 7.64. The number of imide groups is 1. The molecule has 0 saturated carbocycles. The Morgan fingerprint density at radius 1 is 1.32 bits per heavy atom. The number of oxime groups is 1. The van der Waals surface area contributed by atoms with Gasteiger partial charge in [-0.3, -0.25) is 4.79 Å². The summed E-state index contributed by atoms with van der Waals surface area (Å²) in [6, 6.07) is 5.47. The number of hydrogen-bond acceptors (Lipinski definition) is 7. The van der Waals surface area contributed by atoms with Gasteiger partial charge in [-0.25, -0.2) is 14.5 Å². The molecule has 0 spiro atoms. The second-order valence-corrected chi connectivity index (χ2v) is 4.72. The average molecular weight is 349 g/mol. The van der Waals surface area contributed by atoms with Crippen LogP contribution >= 0.6 is 0 Å². The minimum atomic E-state index is -1.01. The molecule has 1 rings (SSSR count). The smallest absolute Gasteiger partial charge is 0.418 e. The van der Waals surface area contributed by atoms with Crippen LogP contribution in [0.25, 0.3) is 0 Å². The first kappa shape index (κ1) is 19.7. The van der Waals surface area contributed by atoms with Crippen molar-refractivity contribution < 1.29 is 29.1 Å². The van der Waals surface area contributed by atoms with Crippen molar-refractivity contribution in [1.82, 2.24) is 4.90 Å². The highest BCUT2D eigenvalue weighted by Crippen LogP contribution is 2.12. The molecule has 0 aliphatic heterocycles. The van der Waals surface area contributed by atoms with E-state index in [4.69, 9.17) is 9.94 Å². The molecule has 1 aromatic carbocycles. The van der Waals surface area contributed by atoms with Gasteiger partial charge < -0.3 is 20.0 Å². The molecule has 0 aliphatic carbocycles. The minimum absolute atomic E-state index is 0.113. The van der Waals surface area contributed by atoms with Gasteiger partial charge in [-0.1, -0.05) is 29.9 Å². The fraction of sp³-hybridized carbons (Fsp3) is 0.250. The largest absolute Gasteiger partial charge is 0.468 e. The molecule has 0 atom stereocenters. The molecule has 0 aliphatic rings. The number of methoxy groups -OCH3 is 1. The second-order valence-electron chi connectivity index (χ2n) is 4.72. The molecule has 0 saturated heterocycles. The molecular weight excluding hydrogens is 330 g/mol. The maximum Gasteiger partial charge on any atom is 0.418 e. The zero-order chi connectivity index (χ0) is 18.8. The summed E-state index contributed by atoms with van der Waals surface area (Å²) in [4.78, 5) is 36.1. The van der Waals surface area contributed by atoms with E-state index in [2.05, 4.69) is 21.8 Å². The summed E-state index contributed by atoms with van der Waals surface area (Å²) in [5, 5.41) is 14.3. The molecule has 0 fully saturated rings. The fourth-order valence-corrected chi connectivity index (χ4v) is 1.66. The zero-order valence-corrected chi connectivity index (χ0v) is 13.9. The number of esters is 1. The first-order valence-electron chi connectivity index (χ1n) is 7.15. The van der Waals surface area contributed by atoms with Gasteiger partial charge in [0, 0.05) is 5.69 Å². The lowest BCUT2D eigenvalue weighted by Crippen LogP contribution is -2.43. The number of ether oxygens (including phenoxy) is 2. The van der Waals surface area contributed by atoms with Crippen molar-refractivity contribution in [2.24, 2.45) is 5.16 Å². The standard InChI is InChI=1S/C16H19N3O6/c1-4-9-25-16(22)19(10-14(20)24-3)15(21)17-13-7-5-12(6-8-13)11(2)18-23/h4-8,23H,1,9-10H2,2-3H3,(H,17,21)/b18-11+. The molecule has 0 unspecified atom stereocenters. The molecule has 0 radical (unpaired) electrons. The van der Waals surface area contributed by atoms with E-state index in [0.717, 1.165) is 7.11 Å². The highest BCUT2D eigenvalue weighted by atomic mass is 16.6. The number of nitrogens with one attached hydrogen (secondary N) is 1. The van der Waals surface area contributed by atoms with Gasteiger partial charge in [-0.15, -0.1) is 0 Å². The van der Waals surface area contributed by atoms with Gasteiger partial charge in [0.05, 0.1) is 12.8 Å². The van der Waals surface area contributed by atoms with Crippen molar-refractivity contribution in [1.29, 1.82) is 0 Å². The van der Waals surface area contributed by atoms with Crippen molar-refractivity contribution >= 4 is 29.5 Å². The lowest BCUT2D eigenvalue weighted by molar-refractivity contribution is -0.140. The molecule has 0 heterocycles. The van der Waals surface area contributed by atoms with Gasteiger partial charge in [-0.2, -0.15) is 0 Å². The zero-order valence-electron chi connectivity index (χ0n) is 13.9. The number of hydrogen-bond donors (Lipinski definition) is 2. The highest BCUT2D eigenvalue weighted by Gasteiger charge is 2.26. The molecule has 1 aromatic rings. The van der Waals surface area contributed by atoms with E-state index in [0.29, 0.717) is 21.9 Å². The van der Waals surface area contributed by atoms with Crippen LogP contribution in [-0.2, 0) is 14.3 Å². The summed E-state index contributed by atoms with van der Waals surface area (Å²) < 4.78 is 9.24. The van der Waals surface area contributed by atoms with Crippen LogP contribution in [-0.4, -0.2) is 54.2 Å². The van der Waals surface area contributed by atoms with E-state index >= 15 is 0 Å². The molecule has 134 valence electrons. The lowest BCUT2D eigenvalue weighted by Gasteiger charge is -2.19. The maximum atomic E-state index is 12.3. The molecule has 9 nitrogen and oxygen atoms in total. The van der Waals surface area contributed by atoms with Crippen LogP contribution < -0.4 is 5.32 Å². The van der Waals surface area contributed by atoms with Gasteiger partial charge in [0.15, 0.2) is 0 Å². The molecule has 0 bridgehead atoms. The van der Waals surface area contributed by atoms with Gasteiger partial charge in [0.2, 0.25) is 0 Å². The summed E-state index contributed by atoms with van der Waals surface area (Å²) >= 11 is 0. The Labute approximate surface area is 144 Å². The van der Waals surface area contributed by atoms with Crippen molar-refractivity contribution in [3.8, 4) is 0 Å². The summed E-state index contributed by atoms with van der Waals surface area (Å²) in [7, 11) is 1.14. The number of benzene rings is 1.